The van der Waals surface area contributed by atoms with Crippen LogP contribution in [-0.4, -0.2) is 23.6 Å². The molecule has 0 radical (unpaired) electrons. The van der Waals surface area contributed by atoms with Gasteiger partial charge in [-0.2, -0.15) is 10.4 Å². The molecular formula is C15H13N5O. The molecule has 1 aromatic heterocycles. The van der Waals surface area contributed by atoms with Gasteiger partial charge in [-0.25, -0.2) is 0 Å². The number of nitriles is 1. The van der Waals surface area contributed by atoms with E-state index in [2.05, 4.69) is 15.2 Å². The topological polar surface area (TPSA) is 96.6 Å². The van der Waals surface area contributed by atoms with Gasteiger partial charge < -0.3 is 10.5 Å². The zero-order chi connectivity index (χ0) is 14.9. The standard InChI is InChI=1S/C15H13N5O/c16-8-10-21-14-7-2-1-5-12(14)11-19-20-15(17)13-6-3-4-9-18-13/h1-7,9,11H,10H2,(H2,17,20)/b19-11-. The Bertz CT molecular complexity index is 689. The highest BCUT2D eigenvalue weighted by Gasteiger charge is 2.00. The zero-order valence-electron chi connectivity index (χ0n) is 11.2. The van der Waals surface area contributed by atoms with Crippen molar-refractivity contribution >= 4 is 12.1 Å². The number of rotatable bonds is 5. The number of pyridine rings is 1. The molecule has 104 valence electrons. The third-order valence-corrected chi connectivity index (χ3v) is 2.50. The molecule has 0 saturated carbocycles. The van der Waals surface area contributed by atoms with Gasteiger partial charge in [0.25, 0.3) is 0 Å². The Kier molecular flexibility index (Phi) is 5.01. The number of hydrogen-bond acceptors (Lipinski definition) is 5. The van der Waals surface area contributed by atoms with Crippen LogP contribution in [-0.2, 0) is 0 Å². The number of aromatic nitrogens is 1. The van der Waals surface area contributed by atoms with Crippen LogP contribution in [0.4, 0.5) is 0 Å². The quantitative estimate of drug-likeness (QED) is 0.512. The summed E-state index contributed by atoms with van der Waals surface area (Å²) >= 11 is 0. The maximum Gasteiger partial charge on any atom is 0.174 e. The van der Waals surface area contributed by atoms with Crippen LogP contribution >= 0.6 is 0 Å². The van der Waals surface area contributed by atoms with Crippen LogP contribution in [0.5, 0.6) is 5.75 Å². The molecule has 0 aliphatic carbocycles. The van der Waals surface area contributed by atoms with E-state index in [1.54, 1.807) is 24.4 Å². The molecule has 0 aliphatic heterocycles. The summed E-state index contributed by atoms with van der Waals surface area (Å²) in [4.78, 5) is 4.07. The number of benzene rings is 1. The molecule has 0 amide bonds. The van der Waals surface area contributed by atoms with E-state index in [1.165, 1.54) is 6.21 Å². The average molecular weight is 279 g/mol. The number of nitrogens with zero attached hydrogens (tertiary/aromatic N) is 4. The van der Waals surface area contributed by atoms with Crippen LogP contribution in [0.2, 0.25) is 0 Å². The van der Waals surface area contributed by atoms with Crippen LogP contribution < -0.4 is 10.5 Å². The minimum atomic E-state index is -0.0236. The molecule has 1 heterocycles. The maximum atomic E-state index is 8.54. The fourth-order valence-electron chi connectivity index (χ4n) is 1.55. The van der Waals surface area contributed by atoms with E-state index in [0.717, 1.165) is 0 Å². The van der Waals surface area contributed by atoms with Crippen LogP contribution in [0.3, 0.4) is 0 Å². The first-order valence-corrected chi connectivity index (χ1v) is 6.18. The number of ether oxygens (including phenoxy) is 1. The van der Waals surface area contributed by atoms with Crippen molar-refractivity contribution < 1.29 is 4.74 Å². The molecule has 0 aliphatic rings. The normalized spacial score (nSPS) is 11.3. The second kappa shape index (κ2) is 7.40. The first kappa shape index (κ1) is 14.2. The van der Waals surface area contributed by atoms with Gasteiger partial charge in [0.2, 0.25) is 0 Å². The second-order valence-corrected chi connectivity index (χ2v) is 3.93. The van der Waals surface area contributed by atoms with Gasteiger partial charge in [0, 0.05) is 11.8 Å². The van der Waals surface area contributed by atoms with Gasteiger partial charge in [-0.1, -0.05) is 18.2 Å². The smallest absolute Gasteiger partial charge is 0.174 e. The molecule has 6 heteroatoms. The van der Waals surface area contributed by atoms with Gasteiger partial charge in [0.15, 0.2) is 12.4 Å². The fraction of sp³-hybridized carbons (Fsp3) is 0.0667. The Labute approximate surface area is 122 Å². The van der Waals surface area contributed by atoms with E-state index in [4.69, 9.17) is 15.7 Å². The number of hydrogen-bond donors (Lipinski definition) is 1. The Morgan fingerprint density at radius 1 is 1.29 bits per heavy atom. The van der Waals surface area contributed by atoms with Gasteiger partial charge in [-0.05, 0) is 24.3 Å². The van der Waals surface area contributed by atoms with E-state index < -0.39 is 0 Å². The highest BCUT2D eigenvalue weighted by Crippen LogP contribution is 2.15. The molecule has 1 aromatic carbocycles. The van der Waals surface area contributed by atoms with Crippen molar-refractivity contribution in [3.63, 3.8) is 0 Å². The van der Waals surface area contributed by atoms with Crippen molar-refractivity contribution in [2.24, 2.45) is 15.9 Å². The average Bonchev–Trinajstić information content (AvgIpc) is 2.54. The highest BCUT2D eigenvalue weighted by molar-refractivity contribution is 5.96. The van der Waals surface area contributed by atoms with Crippen molar-refractivity contribution in [3.8, 4) is 11.8 Å². The van der Waals surface area contributed by atoms with Crippen LogP contribution in [0.1, 0.15) is 11.3 Å². The largest absolute Gasteiger partial charge is 0.478 e. The van der Waals surface area contributed by atoms with Gasteiger partial charge in [-0.15, -0.1) is 5.10 Å². The summed E-state index contributed by atoms with van der Waals surface area (Å²) in [6, 6.07) is 14.5. The predicted octanol–water partition coefficient (Wildman–Crippen LogP) is 1.72. The summed E-state index contributed by atoms with van der Waals surface area (Å²) in [6.45, 7) is -0.0236. The van der Waals surface area contributed by atoms with Gasteiger partial charge >= 0.3 is 0 Å². The summed E-state index contributed by atoms with van der Waals surface area (Å²) in [5, 5.41) is 16.4. The molecule has 2 rings (SSSR count). The monoisotopic (exact) mass is 279 g/mol. The van der Waals surface area contributed by atoms with E-state index >= 15 is 0 Å². The minimum Gasteiger partial charge on any atom is -0.478 e. The summed E-state index contributed by atoms with van der Waals surface area (Å²) in [5.41, 5.74) is 7.05. The van der Waals surface area contributed by atoms with E-state index in [9.17, 15) is 0 Å². The van der Waals surface area contributed by atoms with Crippen molar-refractivity contribution in [1.29, 1.82) is 5.26 Å². The Hall–Kier alpha value is -3.20. The zero-order valence-corrected chi connectivity index (χ0v) is 11.2. The van der Waals surface area contributed by atoms with Crippen LogP contribution in [0.15, 0.2) is 58.9 Å². The molecule has 2 N–H and O–H groups in total. The lowest BCUT2D eigenvalue weighted by atomic mass is 10.2. The first-order chi connectivity index (χ1) is 10.3. The predicted molar refractivity (Wildman–Crippen MR) is 80.1 cm³/mol. The molecule has 0 saturated heterocycles. The fourth-order valence-corrected chi connectivity index (χ4v) is 1.55. The third kappa shape index (κ3) is 4.14. The van der Waals surface area contributed by atoms with Crippen LogP contribution in [0.25, 0.3) is 0 Å². The van der Waals surface area contributed by atoms with Crippen molar-refractivity contribution in [2.45, 2.75) is 0 Å². The summed E-state index contributed by atoms with van der Waals surface area (Å²) in [7, 11) is 0. The second-order valence-electron chi connectivity index (χ2n) is 3.93. The maximum absolute atomic E-state index is 8.54. The number of amidine groups is 1. The van der Waals surface area contributed by atoms with Gasteiger partial charge in [-0.3, -0.25) is 4.98 Å². The SMILES string of the molecule is N#CCOc1ccccc1/C=N\N=C(\N)c1ccccn1. The molecule has 0 fully saturated rings. The summed E-state index contributed by atoms with van der Waals surface area (Å²) in [5.74, 6) is 0.789. The molecule has 6 nitrogen and oxygen atoms in total. The lowest BCUT2D eigenvalue weighted by Crippen LogP contribution is -2.14. The lowest BCUT2D eigenvalue weighted by molar-refractivity contribution is 0.367. The molecular weight excluding hydrogens is 266 g/mol. The van der Waals surface area contributed by atoms with Crippen molar-refractivity contribution in [2.75, 3.05) is 6.61 Å². The molecule has 21 heavy (non-hydrogen) atoms. The number of nitrogens with two attached hydrogens (primary N) is 1. The van der Waals surface area contributed by atoms with Gasteiger partial charge in [0.1, 0.15) is 17.5 Å². The third-order valence-electron chi connectivity index (χ3n) is 2.50. The molecule has 0 spiro atoms. The van der Waals surface area contributed by atoms with Crippen molar-refractivity contribution in [3.05, 3.63) is 59.9 Å². The van der Waals surface area contributed by atoms with Gasteiger partial charge in [0.05, 0.1) is 6.21 Å². The molecule has 0 unspecified atom stereocenters. The molecule has 2 aromatic rings. The lowest BCUT2D eigenvalue weighted by Gasteiger charge is -2.04. The highest BCUT2D eigenvalue weighted by atomic mass is 16.5. The Morgan fingerprint density at radius 2 is 2.10 bits per heavy atom. The summed E-state index contributed by atoms with van der Waals surface area (Å²) in [6.07, 6.45) is 3.15. The van der Waals surface area contributed by atoms with E-state index in [0.29, 0.717) is 17.0 Å². The summed E-state index contributed by atoms with van der Waals surface area (Å²) < 4.78 is 5.28. The van der Waals surface area contributed by atoms with E-state index in [1.807, 2.05) is 30.3 Å². The molecule has 0 bridgehead atoms. The number of para-hydroxylation sites is 1. The molecule has 0 atom stereocenters. The van der Waals surface area contributed by atoms with Crippen LogP contribution in [0, 0.1) is 11.3 Å². The van der Waals surface area contributed by atoms with Crippen molar-refractivity contribution in [1.82, 2.24) is 4.98 Å². The van der Waals surface area contributed by atoms with E-state index in [-0.39, 0.29) is 12.4 Å². The Morgan fingerprint density at radius 3 is 2.86 bits per heavy atom. The minimum absolute atomic E-state index is 0.0236. The first-order valence-electron chi connectivity index (χ1n) is 6.18. The Balaban J connectivity index is 2.13.